The van der Waals surface area contributed by atoms with E-state index in [-0.39, 0.29) is 25.3 Å². The van der Waals surface area contributed by atoms with Crippen LogP contribution in [0.3, 0.4) is 0 Å². The molecule has 2 aromatic heterocycles. The third-order valence-corrected chi connectivity index (χ3v) is 5.15. The van der Waals surface area contributed by atoms with Gasteiger partial charge in [0.1, 0.15) is 0 Å². The average molecular weight is 439 g/mol. The maximum atomic E-state index is 12.3. The summed E-state index contributed by atoms with van der Waals surface area (Å²) < 4.78 is 5.17. The van der Waals surface area contributed by atoms with Gasteiger partial charge < -0.3 is 14.7 Å². The van der Waals surface area contributed by atoms with E-state index in [1.54, 1.807) is 25.2 Å². The second kappa shape index (κ2) is 9.18. The summed E-state index contributed by atoms with van der Waals surface area (Å²) in [6, 6.07) is 6.80. The van der Waals surface area contributed by atoms with Gasteiger partial charge in [0.15, 0.2) is 0 Å². The Balaban J connectivity index is 1.50. The molecule has 0 saturated carbocycles. The molecule has 2 heterocycles. The number of nitrogens with zero attached hydrogens (tertiary/aromatic N) is 3. The molecule has 1 N–H and O–H groups in total. The van der Waals surface area contributed by atoms with Gasteiger partial charge in [-0.15, -0.1) is 0 Å². The van der Waals surface area contributed by atoms with Crippen molar-refractivity contribution >= 4 is 52.0 Å². The van der Waals surface area contributed by atoms with Gasteiger partial charge >= 0.3 is 0 Å². The van der Waals surface area contributed by atoms with Crippen molar-refractivity contribution in [3.05, 3.63) is 51.0 Å². The van der Waals surface area contributed by atoms with Crippen LogP contribution in [0.25, 0.3) is 11.4 Å². The zero-order valence-corrected chi connectivity index (χ0v) is 17.1. The largest absolute Gasteiger partial charge is 0.339 e. The summed E-state index contributed by atoms with van der Waals surface area (Å²) >= 11 is 13.6. The van der Waals surface area contributed by atoms with Crippen molar-refractivity contribution in [3.8, 4) is 11.4 Å². The summed E-state index contributed by atoms with van der Waals surface area (Å²) in [4.78, 5) is 30.0. The predicted octanol–water partition coefficient (Wildman–Crippen LogP) is 4.13. The number of aryl methyl sites for hydroxylation is 1. The number of para-hydroxylation sites is 1. The molecule has 2 amide bonds. The van der Waals surface area contributed by atoms with Gasteiger partial charge in [0.25, 0.3) is 0 Å². The number of carbonyl (C=O) groups is 2. The Morgan fingerprint density at radius 2 is 2.00 bits per heavy atom. The first-order valence-electron chi connectivity index (χ1n) is 8.27. The predicted molar refractivity (Wildman–Crippen MR) is 109 cm³/mol. The highest BCUT2D eigenvalue weighted by atomic mass is 35.5. The number of benzene rings is 1. The van der Waals surface area contributed by atoms with Crippen LogP contribution in [-0.4, -0.2) is 40.4 Å². The number of likely N-dealkylation sites (N-methyl/N-ethyl adjacent to an activating group) is 1. The van der Waals surface area contributed by atoms with E-state index < -0.39 is 5.91 Å². The fraction of sp³-hybridized carbons (Fsp3) is 0.222. The van der Waals surface area contributed by atoms with Gasteiger partial charge in [-0.2, -0.15) is 16.3 Å². The van der Waals surface area contributed by atoms with Crippen LogP contribution < -0.4 is 5.32 Å². The average Bonchev–Trinajstić information content (AvgIpc) is 3.34. The van der Waals surface area contributed by atoms with Gasteiger partial charge in [-0.3, -0.25) is 9.59 Å². The highest BCUT2D eigenvalue weighted by molar-refractivity contribution is 7.08. The maximum Gasteiger partial charge on any atom is 0.244 e. The number of rotatable bonds is 7. The zero-order chi connectivity index (χ0) is 20.1. The van der Waals surface area contributed by atoms with Crippen molar-refractivity contribution in [2.75, 3.05) is 18.9 Å². The number of hydrogen-bond donors (Lipinski definition) is 1. The maximum absolute atomic E-state index is 12.3. The van der Waals surface area contributed by atoms with Gasteiger partial charge in [-0.1, -0.05) is 34.4 Å². The van der Waals surface area contributed by atoms with E-state index in [0.29, 0.717) is 27.4 Å². The summed E-state index contributed by atoms with van der Waals surface area (Å²) in [5.74, 6) is 0.238. The fourth-order valence-electron chi connectivity index (χ4n) is 2.37. The van der Waals surface area contributed by atoms with E-state index in [2.05, 4.69) is 15.5 Å². The summed E-state index contributed by atoms with van der Waals surface area (Å²) in [5.41, 5.74) is 1.20. The number of anilines is 1. The van der Waals surface area contributed by atoms with E-state index in [1.165, 1.54) is 16.2 Å². The molecule has 0 radical (unpaired) electrons. The normalized spacial score (nSPS) is 10.7. The molecule has 146 valence electrons. The summed E-state index contributed by atoms with van der Waals surface area (Å²) in [5, 5.41) is 11.0. The Morgan fingerprint density at radius 1 is 1.25 bits per heavy atom. The quantitative estimate of drug-likeness (QED) is 0.598. The molecule has 10 heteroatoms. The van der Waals surface area contributed by atoms with Crippen LogP contribution in [0.5, 0.6) is 0 Å². The lowest BCUT2D eigenvalue weighted by Crippen LogP contribution is -2.35. The summed E-state index contributed by atoms with van der Waals surface area (Å²) in [6.45, 7) is -0.135. The summed E-state index contributed by atoms with van der Waals surface area (Å²) in [6.07, 6.45) is 0.431. The van der Waals surface area contributed by atoms with Crippen LogP contribution in [0, 0.1) is 0 Å². The minimum Gasteiger partial charge on any atom is -0.339 e. The van der Waals surface area contributed by atoms with E-state index in [0.717, 1.165) is 5.56 Å². The van der Waals surface area contributed by atoms with Crippen molar-refractivity contribution < 1.29 is 14.1 Å². The number of hydrogen-bond acceptors (Lipinski definition) is 6. The number of thiophene rings is 1. The molecule has 28 heavy (non-hydrogen) atoms. The van der Waals surface area contributed by atoms with Crippen LogP contribution in [0.4, 0.5) is 5.69 Å². The fourth-order valence-corrected chi connectivity index (χ4v) is 3.50. The molecule has 0 bridgehead atoms. The SMILES string of the molecule is CN(CC(=O)Nc1c(Cl)cccc1Cl)C(=O)CCc1nc(-c2ccsc2)no1. The summed E-state index contributed by atoms with van der Waals surface area (Å²) in [7, 11) is 1.54. The number of carbonyl (C=O) groups excluding carboxylic acids is 2. The third kappa shape index (κ3) is 5.09. The van der Waals surface area contributed by atoms with Crippen LogP contribution in [0.1, 0.15) is 12.3 Å². The van der Waals surface area contributed by atoms with Gasteiger partial charge in [0.2, 0.25) is 23.5 Å². The lowest BCUT2D eigenvalue weighted by atomic mass is 10.2. The lowest BCUT2D eigenvalue weighted by Gasteiger charge is -2.17. The first-order chi connectivity index (χ1) is 13.4. The molecule has 1 aromatic carbocycles. The molecule has 3 aromatic rings. The molecule has 0 aliphatic heterocycles. The molecule has 0 fully saturated rings. The van der Waals surface area contributed by atoms with Crippen LogP contribution in [0.15, 0.2) is 39.5 Å². The van der Waals surface area contributed by atoms with Gasteiger partial charge in [-0.25, -0.2) is 0 Å². The molecule has 0 unspecified atom stereocenters. The Hall–Kier alpha value is -2.42. The van der Waals surface area contributed by atoms with Crippen LogP contribution in [-0.2, 0) is 16.0 Å². The molecule has 0 aliphatic carbocycles. The second-order valence-corrected chi connectivity index (χ2v) is 7.51. The van der Waals surface area contributed by atoms with Crippen molar-refractivity contribution in [2.24, 2.45) is 0 Å². The number of aromatic nitrogens is 2. The molecule has 0 atom stereocenters. The zero-order valence-electron chi connectivity index (χ0n) is 14.8. The minimum absolute atomic E-state index is 0.135. The number of halogens is 2. The Morgan fingerprint density at radius 3 is 2.68 bits per heavy atom. The molecule has 0 spiro atoms. The van der Waals surface area contributed by atoms with Crippen molar-refractivity contribution in [3.63, 3.8) is 0 Å². The third-order valence-electron chi connectivity index (χ3n) is 3.83. The minimum atomic E-state index is -0.400. The Bertz CT molecular complexity index is 955. The highest BCUT2D eigenvalue weighted by Gasteiger charge is 2.17. The van der Waals surface area contributed by atoms with Crippen LogP contribution >= 0.6 is 34.5 Å². The molecule has 0 saturated heterocycles. The van der Waals surface area contributed by atoms with E-state index in [4.69, 9.17) is 27.7 Å². The van der Waals surface area contributed by atoms with Crippen molar-refractivity contribution in [1.82, 2.24) is 15.0 Å². The van der Waals surface area contributed by atoms with E-state index >= 15 is 0 Å². The molecule has 7 nitrogen and oxygen atoms in total. The standard InChI is InChI=1S/C18H16Cl2N4O3S/c1-24(9-14(25)21-17-12(19)3-2-4-13(17)20)16(26)6-5-15-22-18(23-27-15)11-7-8-28-10-11/h2-4,7-8,10H,5-6,9H2,1H3,(H,21,25). The first kappa shape index (κ1) is 20.3. The van der Waals surface area contributed by atoms with Gasteiger partial charge in [-0.05, 0) is 23.6 Å². The second-order valence-electron chi connectivity index (χ2n) is 5.92. The van der Waals surface area contributed by atoms with Crippen molar-refractivity contribution in [2.45, 2.75) is 12.8 Å². The molecule has 3 rings (SSSR count). The smallest absolute Gasteiger partial charge is 0.244 e. The topological polar surface area (TPSA) is 88.3 Å². The van der Waals surface area contributed by atoms with Gasteiger partial charge in [0.05, 0.1) is 22.3 Å². The monoisotopic (exact) mass is 438 g/mol. The Kier molecular flexibility index (Phi) is 6.66. The number of nitrogens with one attached hydrogen (secondary N) is 1. The van der Waals surface area contributed by atoms with Crippen LogP contribution in [0.2, 0.25) is 10.0 Å². The first-order valence-corrected chi connectivity index (χ1v) is 9.97. The molecular formula is C18H16Cl2N4O3S. The molecular weight excluding hydrogens is 423 g/mol. The molecule has 0 aliphatic rings. The number of amides is 2. The lowest BCUT2D eigenvalue weighted by molar-refractivity contribution is -0.133. The highest BCUT2D eigenvalue weighted by Crippen LogP contribution is 2.29. The van der Waals surface area contributed by atoms with Gasteiger partial charge in [0, 0.05) is 30.8 Å². The van der Waals surface area contributed by atoms with E-state index in [1.807, 2.05) is 16.8 Å². The van der Waals surface area contributed by atoms with Crippen molar-refractivity contribution in [1.29, 1.82) is 0 Å². The Labute approximate surface area is 175 Å². The van der Waals surface area contributed by atoms with E-state index in [9.17, 15) is 9.59 Å².